The first-order chi connectivity index (χ1) is 9.06. The molecule has 0 heterocycles. The average molecular weight is 285 g/mol. The van der Waals surface area contributed by atoms with Crippen molar-refractivity contribution in [1.82, 2.24) is 0 Å². The summed E-state index contributed by atoms with van der Waals surface area (Å²) >= 11 is 5.66. The van der Waals surface area contributed by atoms with Gasteiger partial charge in [-0.05, 0) is 37.0 Å². The predicted molar refractivity (Wildman–Crippen MR) is 74.6 cm³/mol. The van der Waals surface area contributed by atoms with Gasteiger partial charge >= 0.3 is 0 Å². The second-order valence-electron chi connectivity index (χ2n) is 5.08. The minimum atomic E-state index is -0.520. The fourth-order valence-corrected chi connectivity index (χ4v) is 2.68. The highest BCUT2D eigenvalue weighted by atomic mass is 35.5. The molecule has 19 heavy (non-hydrogen) atoms. The number of amides is 1. The van der Waals surface area contributed by atoms with Gasteiger partial charge < -0.3 is 11.1 Å². The Hall–Kier alpha value is -1.13. The Morgan fingerprint density at radius 2 is 2.16 bits per heavy atom. The van der Waals surface area contributed by atoms with Crippen molar-refractivity contribution < 1.29 is 9.18 Å². The van der Waals surface area contributed by atoms with Crippen LogP contribution in [0.25, 0.3) is 0 Å². The van der Waals surface area contributed by atoms with Gasteiger partial charge in [0.2, 0.25) is 5.91 Å². The van der Waals surface area contributed by atoms with Crippen LogP contribution in [0.5, 0.6) is 0 Å². The lowest BCUT2D eigenvalue weighted by Gasteiger charge is -2.27. The number of hydrogen-bond acceptors (Lipinski definition) is 2. The molecule has 2 atom stereocenters. The maximum atomic E-state index is 13.5. The van der Waals surface area contributed by atoms with E-state index in [0.29, 0.717) is 11.4 Å². The Morgan fingerprint density at radius 1 is 1.42 bits per heavy atom. The Bertz CT molecular complexity index is 467. The van der Waals surface area contributed by atoms with Gasteiger partial charge in [-0.25, -0.2) is 4.39 Å². The minimum absolute atomic E-state index is 0.0783. The van der Waals surface area contributed by atoms with E-state index in [0.717, 1.165) is 25.7 Å². The van der Waals surface area contributed by atoms with Crippen LogP contribution in [-0.4, -0.2) is 11.9 Å². The molecule has 1 saturated carbocycles. The molecule has 1 aromatic carbocycles. The zero-order chi connectivity index (χ0) is 13.8. The topological polar surface area (TPSA) is 55.1 Å². The molecule has 0 spiro atoms. The smallest absolute Gasteiger partial charge is 0.224 e. The molecule has 3 nitrogen and oxygen atoms in total. The highest BCUT2D eigenvalue weighted by Gasteiger charge is 2.24. The van der Waals surface area contributed by atoms with Crippen molar-refractivity contribution in [2.24, 2.45) is 11.7 Å². The molecule has 0 saturated heterocycles. The SMILES string of the molecule is NC1CCCCC1CC(=O)Nc1ccc(Cl)cc1F. The number of carbonyl (C=O) groups excluding carboxylic acids is 1. The summed E-state index contributed by atoms with van der Waals surface area (Å²) in [6.45, 7) is 0. The molecule has 2 unspecified atom stereocenters. The zero-order valence-corrected chi connectivity index (χ0v) is 11.4. The highest BCUT2D eigenvalue weighted by Crippen LogP contribution is 2.26. The Balaban J connectivity index is 1.93. The number of benzene rings is 1. The number of nitrogens with two attached hydrogens (primary N) is 1. The van der Waals surface area contributed by atoms with Gasteiger partial charge in [-0.1, -0.05) is 24.4 Å². The molecule has 1 fully saturated rings. The number of carbonyl (C=O) groups is 1. The molecule has 5 heteroatoms. The number of halogens is 2. The van der Waals surface area contributed by atoms with Crippen molar-refractivity contribution in [2.45, 2.75) is 38.1 Å². The largest absolute Gasteiger partial charge is 0.327 e. The molecule has 0 bridgehead atoms. The van der Waals surface area contributed by atoms with Crippen LogP contribution in [0.4, 0.5) is 10.1 Å². The predicted octanol–water partition coefficient (Wildman–Crippen LogP) is 3.33. The van der Waals surface area contributed by atoms with E-state index in [1.165, 1.54) is 12.1 Å². The number of hydrogen-bond donors (Lipinski definition) is 2. The molecule has 3 N–H and O–H groups in total. The van der Waals surface area contributed by atoms with E-state index in [1.807, 2.05) is 0 Å². The molecular formula is C14H18ClFN2O. The van der Waals surface area contributed by atoms with Gasteiger partial charge in [0.05, 0.1) is 5.69 Å². The first-order valence-electron chi connectivity index (χ1n) is 6.57. The van der Waals surface area contributed by atoms with Crippen LogP contribution in [0, 0.1) is 11.7 Å². The Labute approximate surface area is 117 Å². The molecule has 0 aromatic heterocycles. The zero-order valence-electron chi connectivity index (χ0n) is 10.7. The summed E-state index contributed by atoms with van der Waals surface area (Å²) in [4.78, 5) is 11.9. The Kier molecular flexibility index (Phi) is 4.77. The molecule has 0 radical (unpaired) electrons. The summed E-state index contributed by atoms with van der Waals surface area (Å²) < 4.78 is 13.5. The van der Waals surface area contributed by atoms with Crippen molar-refractivity contribution in [1.29, 1.82) is 0 Å². The lowest BCUT2D eigenvalue weighted by Crippen LogP contribution is -2.35. The second-order valence-corrected chi connectivity index (χ2v) is 5.52. The second kappa shape index (κ2) is 6.35. The monoisotopic (exact) mass is 284 g/mol. The van der Waals surface area contributed by atoms with Gasteiger partial charge in [-0.2, -0.15) is 0 Å². The number of rotatable bonds is 3. The summed E-state index contributed by atoms with van der Waals surface area (Å²) in [7, 11) is 0. The summed E-state index contributed by atoms with van der Waals surface area (Å²) in [5, 5.41) is 2.89. The third-order valence-electron chi connectivity index (χ3n) is 3.62. The maximum Gasteiger partial charge on any atom is 0.224 e. The van der Waals surface area contributed by atoms with Crippen LogP contribution in [0.1, 0.15) is 32.1 Å². The van der Waals surface area contributed by atoms with Crippen molar-refractivity contribution in [3.8, 4) is 0 Å². The van der Waals surface area contributed by atoms with E-state index >= 15 is 0 Å². The number of nitrogens with one attached hydrogen (secondary N) is 1. The summed E-state index contributed by atoms with van der Waals surface area (Å²) in [5.74, 6) is -0.513. The summed E-state index contributed by atoms with van der Waals surface area (Å²) in [6, 6.07) is 4.28. The molecule has 1 aliphatic carbocycles. The molecule has 1 aromatic rings. The molecule has 104 valence electrons. The Morgan fingerprint density at radius 3 is 2.84 bits per heavy atom. The standard InChI is InChI=1S/C14H18ClFN2O/c15-10-5-6-13(11(16)8-10)18-14(19)7-9-3-1-2-4-12(9)17/h5-6,8-9,12H,1-4,7,17H2,(H,18,19). The van der Waals surface area contributed by atoms with Gasteiger partial charge in [0.1, 0.15) is 5.82 Å². The van der Waals surface area contributed by atoms with Crippen molar-refractivity contribution in [3.05, 3.63) is 29.0 Å². The third kappa shape index (κ3) is 3.91. The van der Waals surface area contributed by atoms with E-state index in [1.54, 1.807) is 6.07 Å². The molecule has 0 aliphatic heterocycles. The molecule has 1 amide bonds. The van der Waals surface area contributed by atoms with Crippen molar-refractivity contribution in [3.63, 3.8) is 0 Å². The van der Waals surface area contributed by atoms with E-state index in [2.05, 4.69) is 5.32 Å². The van der Waals surface area contributed by atoms with E-state index in [4.69, 9.17) is 17.3 Å². The van der Waals surface area contributed by atoms with Gasteiger partial charge in [-0.3, -0.25) is 4.79 Å². The fourth-order valence-electron chi connectivity index (χ4n) is 2.52. The molecular weight excluding hydrogens is 267 g/mol. The van der Waals surface area contributed by atoms with E-state index in [9.17, 15) is 9.18 Å². The van der Waals surface area contributed by atoms with E-state index in [-0.39, 0.29) is 23.6 Å². The summed E-state index contributed by atoms with van der Waals surface area (Å²) in [6.07, 6.45) is 4.53. The van der Waals surface area contributed by atoms with Crippen LogP contribution in [-0.2, 0) is 4.79 Å². The van der Waals surface area contributed by atoms with Crippen LogP contribution in [0.2, 0.25) is 5.02 Å². The van der Waals surface area contributed by atoms with Crippen molar-refractivity contribution >= 4 is 23.2 Å². The minimum Gasteiger partial charge on any atom is -0.327 e. The summed E-state index contributed by atoms with van der Waals surface area (Å²) in [5.41, 5.74) is 6.16. The number of anilines is 1. The van der Waals surface area contributed by atoms with Gasteiger partial charge in [-0.15, -0.1) is 0 Å². The lowest BCUT2D eigenvalue weighted by atomic mass is 9.83. The quantitative estimate of drug-likeness (QED) is 0.894. The van der Waals surface area contributed by atoms with Gasteiger partial charge in [0, 0.05) is 17.5 Å². The van der Waals surface area contributed by atoms with Crippen LogP contribution in [0.15, 0.2) is 18.2 Å². The maximum absolute atomic E-state index is 13.5. The first-order valence-corrected chi connectivity index (χ1v) is 6.94. The first kappa shape index (κ1) is 14.3. The molecule has 2 rings (SSSR count). The fraction of sp³-hybridized carbons (Fsp3) is 0.500. The average Bonchev–Trinajstić information content (AvgIpc) is 2.36. The third-order valence-corrected chi connectivity index (χ3v) is 3.86. The van der Waals surface area contributed by atoms with Gasteiger partial charge in [0.15, 0.2) is 0 Å². The van der Waals surface area contributed by atoms with Crippen LogP contribution in [0.3, 0.4) is 0 Å². The normalized spacial score (nSPS) is 23.1. The van der Waals surface area contributed by atoms with Crippen LogP contribution >= 0.6 is 11.6 Å². The highest BCUT2D eigenvalue weighted by molar-refractivity contribution is 6.30. The van der Waals surface area contributed by atoms with Gasteiger partial charge in [0.25, 0.3) is 0 Å². The lowest BCUT2D eigenvalue weighted by molar-refractivity contribution is -0.117. The molecule has 1 aliphatic rings. The van der Waals surface area contributed by atoms with Crippen LogP contribution < -0.4 is 11.1 Å². The van der Waals surface area contributed by atoms with E-state index < -0.39 is 5.82 Å². The van der Waals surface area contributed by atoms with Crippen molar-refractivity contribution in [2.75, 3.05) is 5.32 Å².